The van der Waals surface area contributed by atoms with Gasteiger partial charge < -0.3 is 18.9 Å². The van der Waals surface area contributed by atoms with Gasteiger partial charge in [-0.2, -0.15) is 0 Å². The maximum absolute atomic E-state index is 12.6. The third kappa shape index (κ3) is 13.3. The topological polar surface area (TPSA) is 105 Å². The zero-order valence-electron chi connectivity index (χ0n) is 26.6. The molecular formula is C38H42O8. The quantitative estimate of drug-likeness (QED) is 0.0600. The third-order valence-corrected chi connectivity index (χ3v) is 6.85. The molecule has 242 valence electrons. The number of hydrogen-bond donors (Lipinski definition) is 0. The Bertz CT molecular complexity index is 1340. The summed E-state index contributed by atoms with van der Waals surface area (Å²) in [6, 6.07) is 19.3. The highest BCUT2D eigenvalue weighted by atomic mass is 16.5. The van der Waals surface area contributed by atoms with Crippen molar-refractivity contribution in [3.8, 4) is 11.5 Å². The maximum atomic E-state index is 12.6. The summed E-state index contributed by atoms with van der Waals surface area (Å²) in [4.78, 5) is 48.9. The molecule has 0 heterocycles. The first-order valence-corrected chi connectivity index (χ1v) is 15.8. The van der Waals surface area contributed by atoms with E-state index in [1.165, 1.54) is 36.4 Å². The summed E-state index contributed by atoms with van der Waals surface area (Å²) in [5.41, 5.74) is 2.03. The van der Waals surface area contributed by atoms with Gasteiger partial charge >= 0.3 is 23.9 Å². The largest absolute Gasteiger partial charge is 0.463 e. The second kappa shape index (κ2) is 20.1. The lowest BCUT2D eigenvalue weighted by atomic mass is 10.1. The van der Waals surface area contributed by atoms with Crippen LogP contribution in [0.1, 0.15) is 97.1 Å². The minimum atomic E-state index is -0.584. The van der Waals surface area contributed by atoms with E-state index in [1.54, 1.807) is 60.7 Å². The van der Waals surface area contributed by atoms with Crippen LogP contribution in [0.25, 0.3) is 12.2 Å². The molecule has 0 aromatic heterocycles. The molecule has 3 aromatic rings. The summed E-state index contributed by atoms with van der Waals surface area (Å²) in [5, 5.41) is 0. The first kappa shape index (κ1) is 35.5. The van der Waals surface area contributed by atoms with Crippen LogP contribution in [0.5, 0.6) is 11.5 Å². The Kier molecular flexibility index (Phi) is 15.5. The van der Waals surface area contributed by atoms with Crippen LogP contribution in [0.3, 0.4) is 0 Å². The lowest BCUT2D eigenvalue weighted by Crippen LogP contribution is -2.11. The van der Waals surface area contributed by atoms with E-state index in [2.05, 4.69) is 13.8 Å². The molecule has 0 amide bonds. The molecule has 0 aliphatic heterocycles. The Hall–Kier alpha value is -4.98. The van der Waals surface area contributed by atoms with Crippen molar-refractivity contribution in [2.45, 2.75) is 65.2 Å². The molecule has 8 nitrogen and oxygen atoms in total. The highest BCUT2D eigenvalue weighted by Gasteiger charge is 2.13. The van der Waals surface area contributed by atoms with Crippen molar-refractivity contribution < 1.29 is 38.1 Å². The lowest BCUT2D eigenvalue weighted by molar-refractivity contribution is -0.138. The maximum Gasteiger partial charge on any atom is 0.343 e. The Morgan fingerprint density at radius 1 is 0.500 bits per heavy atom. The normalized spacial score (nSPS) is 11.0. The average Bonchev–Trinajstić information content (AvgIpc) is 3.07. The number of hydrogen-bond acceptors (Lipinski definition) is 8. The Balaban J connectivity index is 1.43. The van der Waals surface area contributed by atoms with Gasteiger partial charge in [-0.15, -0.1) is 0 Å². The molecule has 46 heavy (non-hydrogen) atoms. The van der Waals surface area contributed by atoms with Crippen molar-refractivity contribution in [3.63, 3.8) is 0 Å². The number of esters is 4. The van der Waals surface area contributed by atoms with Crippen LogP contribution >= 0.6 is 0 Å². The first-order chi connectivity index (χ1) is 22.4. The SMILES string of the molecule is CCCCCCOC(=O)/C=C/c1ccc(OC(=O)c2ccc(C(=O)Oc3ccc(/C=C/C(=O)OCCCCCC)cc3)cc2)cc1. The summed E-state index contributed by atoms with van der Waals surface area (Å²) < 4.78 is 21.2. The number of unbranched alkanes of at least 4 members (excludes halogenated alkanes) is 6. The molecule has 0 radical (unpaired) electrons. The van der Waals surface area contributed by atoms with Crippen LogP contribution in [-0.2, 0) is 19.1 Å². The fraction of sp³-hybridized carbons (Fsp3) is 0.316. The van der Waals surface area contributed by atoms with Gasteiger partial charge in [0.2, 0.25) is 0 Å². The first-order valence-electron chi connectivity index (χ1n) is 15.8. The summed E-state index contributed by atoms with van der Waals surface area (Å²) in [6.45, 7) is 5.07. The fourth-order valence-electron chi connectivity index (χ4n) is 4.20. The number of benzene rings is 3. The number of carbonyl (C=O) groups is 4. The smallest absolute Gasteiger partial charge is 0.343 e. The van der Waals surface area contributed by atoms with Crippen molar-refractivity contribution in [3.05, 3.63) is 107 Å². The molecule has 0 unspecified atom stereocenters. The third-order valence-electron chi connectivity index (χ3n) is 6.85. The second-order valence-corrected chi connectivity index (χ2v) is 10.6. The van der Waals surface area contributed by atoms with Gasteiger partial charge in [0, 0.05) is 12.2 Å². The van der Waals surface area contributed by atoms with E-state index < -0.39 is 23.9 Å². The van der Waals surface area contributed by atoms with Crippen molar-refractivity contribution in [1.29, 1.82) is 0 Å². The van der Waals surface area contributed by atoms with E-state index in [4.69, 9.17) is 18.9 Å². The van der Waals surface area contributed by atoms with E-state index in [1.807, 2.05) is 0 Å². The van der Waals surface area contributed by atoms with Gasteiger partial charge in [0.15, 0.2) is 0 Å². The van der Waals surface area contributed by atoms with Gasteiger partial charge in [-0.05, 0) is 84.7 Å². The van der Waals surface area contributed by atoms with Crippen LogP contribution in [-0.4, -0.2) is 37.1 Å². The zero-order chi connectivity index (χ0) is 33.0. The number of rotatable bonds is 18. The van der Waals surface area contributed by atoms with E-state index in [-0.39, 0.29) is 11.1 Å². The van der Waals surface area contributed by atoms with Gasteiger partial charge in [-0.3, -0.25) is 0 Å². The Labute approximate surface area is 271 Å². The minimum Gasteiger partial charge on any atom is -0.463 e. The molecule has 0 saturated heterocycles. The molecule has 0 N–H and O–H groups in total. The monoisotopic (exact) mass is 626 g/mol. The molecule has 3 aromatic carbocycles. The summed E-state index contributed by atoms with van der Waals surface area (Å²) in [5.74, 6) is -1.29. The number of carbonyl (C=O) groups excluding carboxylic acids is 4. The summed E-state index contributed by atoms with van der Waals surface area (Å²) in [6.07, 6.45) is 14.3. The van der Waals surface area contributed by atoms with E-state index in [0.717, 1.165) is 62.5 Å². The van der Waals surface area contributed by atoms with Crippen LogP contribution < -0.4 is 9.47 Å². The second-order valence-electron chi connectivity index (χ2n) is 10.6. The molecule has 0 saturated carbocycles. The predicted octanol–water partition coefficient (Wildman–Crippen LogP) is 8.40. The predicted molar refractivity (Wildman–Crippen MR) is 178 cm³/mol. The Morgan fingerprint density at radius 2 is 0.870 bits per heavy atom. The molecule has 0 aliphatic carbocycles. The van der Waals surface area contributed by atoms with E-state index in [9.17, 15) is 19.2 Å². The van der Waals surface area contributed by atoms with Crippen LogP contribution in [0.15, 0.2) is 84.9 Å². The van der Waals surface area contributed by atoms with E-state index in [0.29, 0.717) is 24.7 Å². The van der Waals surface area contributed by atoms with Crippen LogP contribution in [0.4, 0.5) is 0 Å². The summed E-state index contributed by atoms with van der Waals surface area (Å²) >= 11 is 0. The lowest BCUT2D eigenvalue weighted by Gasteiger charge is -2.07. The highest BCUT2D eigenvalue weighted by molar-refractivity contribution is 5.95. The zero-order valence-corrected chi connectivity index (χ0v) is 26.6. The fourth-order valence-corrected chi connectivity index (χ4v) is 4.20. The van der Waals surface area contributed by atoms with Crippen molar-refractivity contribution in [1.82, 2.24) is 0 Å². The van der Waals surface area contributed by atoms with Crippen molar-refractivity contribution in [2.24, 2.45) is 0 Å². The van der Waals surface area contributed by atoms with Gasteiger partial charge in [-0.25, -0.2) is 19.2 Å². The van der Waals surface area contributed by atoms with Crippen LogP contribution in [0, 0.1) is 0 Å². The van der Waals surface area contributed by atoms with Gasteiger partial charge in [0.1, 0.15) is 11.5 Å². The average molecular weight is 627 g/mol. The highest BCUT2D eigenvalue weighted by Crippen LogP contribution is 2.18. The molecule has 0 bridgehead atoms. The van der Waals surface area contributed by atoms with Gasteiger partial charge in [0.25, 0.3) is 0 Å². The number of ether oxygens (including phenoxy) is 4. The van der Waals surface area contributed by atoms with Gasteiger partial charge in [-0.1, -0.05) is 76.6 Å². The Morgan fingerprint density at radius 3 is 1.22 bits per heavy atom. The molecule has 0 spiro atoms. The molecule has 0 atom stereocenters. The standard InChI is InChI=1S/C38H42O8/c1-3-5-7-9-27-43-35(39)25-15-29-11-21-33(22-12-29)45-37(41)31-17-19-32(20-18-31)38(42)46-34-23-13-30(14-24-34)16-26-36(40)44-28-10-8-6-4-2/h11-26H,3-10,27-28H2,1-2H3/b25-15+,26-16+. The van der Waals surface area contributed by atoms with Gasteiger partial charge in [0.05, 0.1) is 24.3 Å². The minimum absolute atomic E-state index is 0.262. The molecular weight excluding hydrogens is 584 g/mol. The van der Waals surface area contributed by atoms with E-state index >= 15 is 0 Å². The molecule has 8 heteroatoms. The van der Waals surface area contributed by atoms with Crippen molar-refractivity contribution >= 4 is 36.0 Å². The summed E-state index contributed by atoms with van der Waals surface area (Å²) in [7, 11) is 0. The molecule has 0 aliphatic rings. The van der Waals surface area contributed by atoms with Crippen molar-refractivity contribution in [2.75, 3.05) is 13.2 Å². The van der Waals surface area contributed by atoms with Crippen LogP contribution in [0.2, 0.25) is 0 Å². The molecule has 3 rings (SSSR count). The molecule has 0 fully saturated rings.